The lowest BCUT2D eigenvalue weighted by atomic mass is 10.1. The second-order valence-electron chi connectivity index (χ2n) is 5.55. The highest BCUT2D eigenvalue weighted by Gasteiger charge is 2.34. The molecule has 2 aromatic carbocycles. The average Bonchev–Trinajstić information content (AvgIpc) is 2.84. The van der Waals surface area contributed by atoms with Crippen molar-refractivity contribution in [3.63, 3.8) is 0 Å². The lowest BCUT2D eigenvalue weighted by molar-refractivity contribution is -0.113. The quantitative estimate of drug-likeness (QED) is 0.589. The van der Waals surface area contributed by atoms with Crippen molar-refractivity contribution in [2.75, 3.05) is 12.0 Å². The summed E-state index contributed by atoms with van der Waals surface area (Å²) >= 11 is 6.77. The molecule has 122 valence electrons. The second kappa shape index (κ2) is 6.79. The number of para-hydroxylation sites is 1. The minimum Gasteiger partial charge on any atom is -0.496 e. The minimum absolute atomic E-state index is 0.0930. The lowest BCUT2D eigenvalue weighted by Crippen LogP contribution is -2.28. The van der Waals surface area contributed by atoms with Crippen LogP contribution in [0.5, 0.6) is 5.75 Å². The van der Waals surface area contributed by atoms with Crippen molar-refractivity contribution in [3.05, 3.63) is 64.1 Å². The molecule has 1 heterocycles. The van der Waals surface area contributed by atoms with E-state index in [1.54, 1.807) is 12.0 Å². The van der Waals surface area contributed by atoms with Crippen molar-refractivity contribution >= 4 is 46.0 Å². The number of hydrogen-bond donors (Lipinski definition) is 0. The highest BCUT2D eigenvalue weighted by atomic mass is 32.2. The van der Waals surface area contributed by atoms with Crippen LogP contribution in [0.3, 0.4) is 0 Å². The van der Waals surface area contributed by atoms with Gasteiger partial charge >= 0.3 is 0 Å². The molecule has 0 aliphatic carbocycles. The van der Waals surface area contributed by atoms with E-state index in [0.717, 1.165) is 28.1 Å². The molecule has 1 aliphatic heterocycles. The molecule has 0 N–H and O–H groups in total. The zero-order chi connectivity index (χ0) is 17.3. The van der Waals surface area contributed by atoms with Gasteiger partial charge in [0.05, 0.1) is 17.7 Å². The molecule has 0 saturated carbocycles. The fourth-order valence-electron chi connectivity index (χ4n) is 2.56. The van der Waals surface area contributed by atoms with E-state index >= 15 is 0 Å². The number of anilines is 1. The summed E-state index contributed by atoms with van der Waals surface area (Å²) in [5.74, 6) is 0.638. The van der Waals surface area contributed by atoms with Gasteiger partial charge < -0.3 is 4.74 Å². The molecule has 0 aromatic heterocycles. The molecule has 0 unspecified atom stereocenters. The summed E-state index contributed by atoms with van der Waals surface area (Å²) in [6, 6.07) is 13.6. The van der Waals surface area contributed by atoms with Gasteiger partial charge in [0, 0.05) is 5.56 Å². The van der Waals surface area contributed by atoms with E-state index < -0.39 is 0 Å². The van der Waals surface area contributed by atoms with Crippen LogP contribution in [0.25, 0.3) is 6.08 Å². The molecule has 3 rings (SSSR count). The van der Waals surface area contributed by atoms with Crippen LogP contribution >= 0.6 is 24.0 Å². The smallest absolute Gasteiger partial charge is 0.270 e. The van der Waals surface area contributed by atoms with Crippen LogP contribution in [0.1, 0.15) is 16.7 Å². The first-order chi connectivity index (χ1) is 11.5. The Balaban J connectivity index is 2.00. The third-order valence-electron chi connectivity index (χ3n) is 3.82. The van der Waals surface area contributed by atoms with Gasteiger partial charge in [0.25, 0.3) is 5.91 Å². The van der Waals surface area contributed by atoms with E-state index in [-0.39, 0.29) is 5.91 Å². The summed E-state index contributed by atoms with van der Waals surface area (Å²) in [4.78, 5) is 15.1. The Labute approximate surface area is 151 Å². The van der Waals surface area contributed by atoms with Crippen molar-refractivity contribution in [3.8, 4) is 5.75 Å². The number of carbonyl (C=O) groups is 1. The van der Waals surface area contributed by atoms with Crippen molar-refractivity contribution in [1.29, 1.82) is 0 Å². The molecule has 5 heteroatoms. The molecule has 24 heavy (non-hydrogen) atoms. The van der Waals surface area contributed by atoms with Crippen LogP contribution in [-0.4, -0.2) is 17.3 Å². The molecular weight excluding hydrogens is 338 g/mol. The zero-order valence-corrected chi connectivity index (χ0v) is 15.3. The lowest BCUT2D eigenvalue weighted by Gasteiger charge is -2.17. The van der Waals surface area contributed by atoms with Crippen LogP contribution in [0.15, 0.2) is 47.4 Å². The first kappa shape index (κ1) is 16.7. The monoisotopic (exact) mass is 355 g/mol. The molecule has 0 bridgehead atoms. The fourth-order valence-corrected chi connectivity index (χ4v) is 3.84. The second-order valence-corrected chi connectivity index (χ2v) is 7.22. The normalized spacial score (nSPS) is 16.1. The SMILES string of the molecule is COc1ccccc1/C=C1\SC(=S)N(c2cc(C)ccc2C)C1=O. The van der Waals surface area contributed by atoms with Crippen LogP contribution < -0.4 is 9.64 Å². The third kappa shape index (κ3) is 3.09. The first-order valence-electron chi connectivity index (χ1n) is 7.49. The molecule has 1 aliphatic rings. The summed E-state index contributed by atoms with van der Waals surface area (Å²) in [5.41, 5.74) is 3.83. The summed E-state index contributed by atoms with van der Waals surface area (Å²) in [7, 11) is 1.62. The zero-order valence-electron chi connectivity index (χ0n) is 13.7. The van der Waals surface area contributed by atoms with Gasteiger partial charge in [-0.1, -0.05) is 54.3 Å². The Morgan fingerprint density at radius 2 is 1.92 bits per heavy atom. The van der Waals surface area contributed by atoms with E-state index in [2.05, 4.69) is 0 Å². The number of ether oxygens (including phenoxy) is 1. The molecule has 1 amide bonds. The van der Waals surface area contributed by atoms with Gasteiger partial charge in [-0.2, -0.15) is 0 Å². The van der Waals surface area contributed by atoms with Crippen LogP contribution in [0, 0.1) is 13.8 Å². The Morgan fingerprint density at radius 3 is 2.67 bits per heavy atom. The Hall–Kier alpha value is -2.11. The fraction of sp³-hybridized carbons (Fsp3) is 0.158. The van der Waals surface area contributed by atoms with E-state index in [4.69, 9.17) is 17.0 Å². The number of aryl methyl sites for hydroxylation is 2. The molecule has 1 fully saturated rings. The maximum atomic E-state index is 12.9. The van der Waals surface area contributed by atoms with Gasteiger partial charge in [-0.3, -0.25) is 9.69 Å². The largest absolute Gasteiger partial charge is 0.496 e. The first-order valence-corrected chi connectivity index (χ1v) is 8.72. The molecule has 0 spiro atoms. The predicted octanol–water partition coefficient (Wildman–Crippen LogP) is 4.72. The Morgan fingerprint density at radius 1 is 1.17 bits per heavy atom. The number of carbonyl (C=O) groups excluding carboxylic acids is 1. The standard InChI is InChI=1S/C19H17NO2S2/c1-12-8-9-13(2)15(10-12)20-18(21)17(24-19(20)23)11-14-6-4-5-7-16(14)22-3/h4-11H,1-3H3/b17-11-. The Bertz CT molecular complexity index is 858. The molecule has 1 saturated heterocycles. The minimum atomic E-state index is -0.0930. The summed E-state index contributed by atoms with van der Waals surface area (Å²) in [5, 5.41) is 0. The van der Waals surface area contributed by atoms with Gasteiger partial charge in [-0.15, -0.1) is 0 Å². The van der Waals surface area contributed by atoms with Crippen molar-refractivity contribution in [2.45, 2.75) is 13.8 Å². The number of nitrogens with zero attached hydrogens (tertiary/aromatic N) is 1. The summed E-state index contributed by atoms with van der Waals surface area (Å²) < 4.78 is 5.90. The molecule has 2 aromatic rings. The third-order valence-corrected chi connectivity index (χ3v) is 5.13. The molecule has 0 atom stereocenters. The Kier molecular flexibility index (Phi) is 4.73. The highest BCUT2D eigenvalue weighted by Crippen LogP contribution is 2.38. The highest BCUT2D eigenvalue weighted by molar-refractivity contribution is 8.27. The summed E-state index contributed by atoms with van der Waals surface area (Å²) in [6.07, 6.45) is 1.84. The predicted molar refractivity (Wildman–Crippen MR) is 105 cm³/mol. The molecular formula is C19H17NO2S2. The van der Waals surface area contributed by atoms with Gasteiger partial charge in [0.1, 0.15) is 5.75 Å². The number of thioether (sulfide) groups is 1. The van der Waals surface area contributed by atoms with E-state index in [1.807, 2.05) is 62.4 Å². The number of thiocarbonyl (C=S) groups is 1. The number of amides is 1. The molecule has 3 nitrogen and oxygen atoms in total. The topological polar surface area (TPSA) is 29.5 Å². The van der Waals surface area contributed by atoms with Gasteiger partial charge in [0.15, 0.2) is 4.32 Å². The van der Waals surface area contributed by atoms with Gasteiger partial charge in [-0.25, -0.2) is 0 Å². The van der Waals surface area contributed by atoms with Crippen LogP contribution in [-0.2, 0) is 4.79 Å². The maximum Gasteiger partial charge on any atom is 0.270 e. The maximum absolute atomic E-state index is 12.9. The van der Waals surface area contributed by atoms with Crippen molar-refractivity contribution in [1.82, 2.24) is 0 Å². The number of rotatable bonds is 3. The van der Waals surface area contributed by atoms with Crippen molar-refractivity contribution < 1.29 is 9.53 Å². The average molecular weight is 355 g/mol. The summed E-state index contributed by atoms with van der Waals surface area (Å²) in [6.45, 7) is 3.99. The van der Waals surface area contributed by atoms with Crippen LogP contribution in [0.4, 0.5) is 5.69 Å². The van der Waals surface area contributed by atoms with E-state index in [0.29, 0.717) is 9.23 Å². The van der Waals surface area contributed by atoms with Crippen molar-refractivity contribution in [2.24, 2.45) is 0 Å². The van der Waals surface area contributed by atoms with E-state index in [9.17, 15) is 4.79 Å². The number of benzene rings is 2. The number of methoxy groups -OCH3 is 1. The van der Waals surface area contributed by atoms with E-state index in [1.165, 1.54) is 11.8 Å². The molecule has 0 radical (unpaired) electrons. The number of hydrogen-bond acceptors (Lipinski definition) is 4. The van der Waals surface area contributed by atoms with Crippen LogP contribution in [0.2, 0.25) is 0 Å². The van der Waals surface area contributed by atoms with Gasteiger partial charge in [0.2, 0.25) is 0 Å². The van der Waals surface area contributed by atoms with Gasteiger partial charge in [-0.05, 0) is 43.2 Å².